The summed E-state index contributed by atoms with van der Waals surface area (Å²) >= 11 is 0. The average molecular weight is 373 g/mol. The number of carbonyl (C=O) groups excluding carboxylic acids is 2. The van der Waals surface area contributed by atoms with Gasteiger partial charge in [0.25, 0.3) is 5.56 Å². The molecule has 1 aliphatic rings. The van der Waals surface area contributed by atoms with Crippen LogP contribution in [0, 0.1) is 11.7 Å². The minimum absolute atomic E-state index is 0.0390. The molecular weight excluding hydrogens is 353 g/mol. The van der Waals surface area contributed by atoms with E-state index in [1.54, 1.807) is 19.3 Å². The number of nitrogens with one attached hydrogen (secondary N) is 2. The topological polar surface area (TPSA) is 96.3 Å². The van der Waals surface area contributed by atoms with E-state index in [-0.39, 0.29) is 17.2 Å². The van der Waals surface area contributed by atoms with Crippen molar-refractivity contribution in [3.05, 3.63) is 52.7 Å². The number of rotatable bonds is 4. The summed E-state index contributed by atoms with van der Waals surface area (Å²) in [5, 5.41) is 8.83. The number of aromatic nitrogens is 2. The van der Waals surface area contributed by atoms with Crippen molar-refractivity contribution in [2.24, 2.45) is 13.0 Å². The predicted octanol–water partition coefficient (Wildman–Crippen LogP) is 0.501. The maximum Gasteiger partial charge on any atom is 0.313 e. The predicted molar refractivity (Wildman–Crippen MR) is 97.8 cm³/mol. The van der Waals surface area contributed by atoms with Gasteiger partial charge in [-0.3, -0.25) is 14.4 Å². The summed E-state index contributed by atoms with van der Waals surface area (Å²) < 4.78 is 14.8. The summed E-state index contributed by atoms with van der Waals surface area (Å²) in [4.78, 5) is 37.5. The van der Waals surface area contributed by atoms with Crippen molar-refractivity contribution >= 4 is 23.2 Å². The van der Waals surface area contributed by atoms with E-state index in [2.05, 4.69) is 15.7 Å². The molecule has 1 saturated heterocycles. The van der Waals surface area contributed by atoms with Gasteiger partial charge in [-0.15, -0.1) is 0 Å². The standard InChI is InChI=1S/C18H20FN5O3/c1-23-16(25)8-13(10-21-23)24-7-6-12(11-24)9-20-17(26)18(27)22-15-5-3-2-4-14(15)19/h2-5,8,10,12H,6-7,9,11H2,1H3,(H,20,26)(H,22,27)/t12-/m0/s1. The van der Waals surface area contributed by atoms with Gasteiger partial charge in [-0.2, -0.15) is 5.10 Å². The summed E-state index contributed by atoms with van der Waals surface area (Å²) in [6.45, 7) is 1.69. The second-order valence-corrected chi connectivity index (χ2v) is 6.42. The highest BCUT2D eigenvalue weighted by atomic mass is 19.1. The van der Waals surface area contributed by atoms with Gasteiger partial charge >= 0.3 is 11.8 Å². The second-order valence-electron chi connectivity index (χ2n) is 6.42. The van der Waals surface area contributed by atoms with Gasteiger partial charge < -0.3 is 15.5 Å². The third-order valence-corrected chi connectivity index (χ3v) is 4.48. The van der Waals surface area contributed by atoms with Crippen LogP contribution in [0.25, 0.3) is 0 Å². The molecule has 27 heavy (non-hydrogen) atoms. The number of halogens is 1. The zero-order chi connectivity index (χ0) is 19.4. The van der Waals surface area contributed by atoms with Crippen LogP contribution < -0.4 is 21.1 Å². The third-order valence-electron chi connectivity index (χ3n) is 4.48. The first-order valence-electron chi connectivity index (χ1n) is 8.56. The summed E-state index contributed by atoms with van der Waals surface area (Å²) in [6.07, 6.45) is 2.44. The number of hydrogen-bond acceptors (Lipinski definition) is 5. The van der Waals surface area contributed by atoms with Crippen LogP contribution in [-0.4, -0.2) is 41.2 Å². The Kier molecular flexibility index (Phi) is 5.49. The minimum Gasteiger partial charge on any atom is -0.370 e. The third kappa shape index (κ3) is 4.49. The Morgan fingerprint density at radius 2 is 2.07 bits per heavy atom. The number of nitrogens with zero attached hydrogens (tertiary/aromatic N) is 3. The Morgan fingerprint density at radius 3 is 2.81 bits per heavy atom. The largest absolute Gasteiger partial charge is 0.370 e. The fraction of sp³-hybridized carbons (Fsp3) is 0.333. The Hall–Kier alpha value is -3.23. The molecule has 0 bridgehead atoms. The molecule has 2 amide bonds. The molecule has 1 aliphatic heterocycles. The van der Waals surface area contributed by atoms with Crippen LogP contribution in [0.2, 0.25) is 0 Å². The Morgan fingerprint density at radius 1 is 1.30 bits per heavy atom. The van der Waals surface area contributed by atoms with E-state index >= 15 is 0 Å². The van der Waals surface area contributed by atoms with E-state index in [9.17, 15) is 18.8 Å². The van der Waals surface area contributed by atoms with Crippen LogP contribution in [-0.2, 0) is 16.6 Å². The number of para-hydroxylation sites is 1. The quantitative estimate of drug-likeness (QED) is 0.761. The molecule has 1 fully saturated rings. The average Bonchev–Trinajstić information content (AvgIpc) is 3.13. The number of benzene rings is 1. The first-order chi connectivity index (χ1) is 12.9. The fourth-order valence-electron chi connectivity index (χ4n) is 2.93. The molecule has 0 spiro atoms. The van der Waals surface area contributed by atoms with Crippen molar-refractivity contribution in [3.63, 3.8) is 0 Å². The number of amides is 2. The molecule has 2 aromatic rings. The lowest BCUT2D eigenvalue weighted by Crippen LogP contribution is -2.38. The maximum atomic E-state index is 13.5. The Labute approximate surface area is 155 Å². The van der Waals surface area contributed by atoms with Crippen LogP contribution in [0.4, 0.5) is 15.8 Å². The van der Waals surface area contributed by atoms with Crippen molar-refractivity contribution in [2.45, 2.75) is 6.42 Å². The minimum atomic E-state index is -0.911. The molecule has 2 N–H and O–H groups in total. The summed E-state index contributed by atoms with van der Waals surface area (Å²) in [7, 11) is 1.58. The van der Waals surface area contributed by atoms with Gasteiger partial charge in [0.05, 0.1) is 17.6 Å². The number of anilines is 2. The first-order valence-corrected chi connectivity index (χ1v) is 8.56. The van der Waals surface area contributed by atoms with Crippen molar-refractivity contribution < 1.29 is 14.0 Å². The maximum absolute atomic E-state index is 13.5. The Bertz CT molecular complexity index is 914. The number of hydrogen-bond donors (Lipinski definition) is 2. The van der Waals surface area contributed by atoms with Gasteiger partial charge in [-0.05, 0) is 24.5 Å². The molecule has 0 aliphatic carbocycles. The van der Waals surface area contributed by atoms with Gasteiger partial charge in [-0.1, -0.05) is 12.1 Å². The summed E-state index contributed by atoms with van der Waals surface area (Å²) in [5.41, 5.74) is 0.515. The van der Waals surface area contributed by atoms with E-state index in [4.69, 9.17) is 0 Å². The zero-order valence-corrected chi connectivity index (χ0v) is 14.8. The van der Waals surface area contributed by atoms with Crippen molar-refractivity contribution in [2.75, 3.05) is 29.9 Å². The van der Waals surface area contributed by atoms with Gasteiger partial charge in [0.15, 0.2) is 0 Å². The lowest BCUT2D eigenvalue weighted by atomic mass is 10.1. The molecule has 0 saturated carbocycles. The zero-order valence-electron chi connectivity index (χ0n) is 14.8. The normalized spacial score (nSPS) is 16.2. The summed E-state index contributed by atoms with van der Waals surface area (Å²) in [5.74, 6) is -2.19. The van der Waals surface area contributed by atoms with Crippen LogP contribution in [0.5, 0.6) is 0 Å². The van der Waals surface area contributed by atoms with Crippen LogP contribution >= 0.6 is 0 Å². The Balaban J connectivity index is 1.49. The molecule has 9 heteroatoms. The monoisotopic (exact) mass is 373 g/mol. The highest BCUT2D eigenvalue weighted by Gasteiger charge is 2.25. The first kappa shape index (κ1) is 18.6. The molecule has 8 nitrogen and oxygen atoms in total. The van der Waals surface area contributed by atoms with Crippen LogP contribution in [0.3, 0.4) is 0 Å². The molecular formula is C18H20FN5O3. The van der Waals surface area contributed by atoms with Crippen molar-refractivity contribution in [1.82, 2.24) is 15.1 Å². The molecule has 0 radical (unpaired) electrons. The highest BCUT2D eigenvalue weighted by molar-refractivity contribution is 6.39. The smallest absolute Gasteiger partial charge is 0.313 e. The molecule has 3 rings (SSSR count). The molecule has 1 aromatic carbocycles. The summed E-state index contributed by atoms with van der Waals surface area (Å²) in [6, 6.07) is 7.17. The van der Waals surface area contributed by atoms with E-state index in [1.807, 2.05) is 4.90 Å². The number of carbonyl (C=O) groups is 2. The van der Waals surface area contributed by atoms with Crippen LogP contribution in [0.1, 0.15) is 6.42 Å². The van der Waals surface area contributed by atoms with Gasteiger partial charge in [-0.25, -0.2) is 9.07 Å². The molecule has 1 atom stereocenters. The van der Waals surface area contributed by atoms with Crippen LogP contribution in [0.15, 0.2) is 41.3 Å². The van der Waals surface area contributed by atoms with E-state index < -0.39 is 17.6 Å². The van der Waals surface area contributed by atoms with Gasteiger partial charge in [0.2, 0.25) is 0 Å². The number of aryl methyl sites for hydroxylation is 1. The lowest BCUT2D eigenvalue weighted by molar-refractivity contribution is -0.136. The fourth-order valence-corrected chi connectivity index (χ4v) is 2.93. The van der Waals surface area contributed by atoms with Gasteiger partial charge in [0, 0.05) is 32.7 Å². The molecule has 1 aromatic heterocycles. The van der Waals surface area contributed by atoms with Crippen molar-refractivity contribution in [1.29, 1.82) is 0 Å². The lowest BCUT2D eigenvalue weighted by Gasteiger charge is -2.18. The second kappa shape index (κ2) is 7.98. The molecule has 2 heterocycles. The molecule has 0 unspecified atom stereocenters. The van der Waals surface area contributed by atoms with E-state index in [1.165, 1.54) is 28.9 Å². The van der Waals surface area contributed by atoms with Crippen molar-refractivity contribution in [3.8, 4) is 0 Å². The van der Waals surface area contributed by atoms with E-state index in [0.717, 1.165) is 18.7 Å². The highest BCUT2D eigenvalue weighted by Crippen LogP contribution is 2.21. The SMILES string of the molecule is Cn1ncc(N2CC[C@@H](CNC(=O)C(=O)Nc3ccccc3F)C2)cc1=O. The molecule has 142 valence electrons. The van der Waals surface area contributed by atoms with Gasteiger partial charge in [0.1, 0.15) is 5.82 Å². The van der Waals surface area contributed by atoms with E-state index in [0.29, 0.717) is 13.1 Å².